The van der Waals surface area contributed by atoms with Crippen molar-refractivity contribution in [2.75, 3.05) is 20.6 Å². The Morgan fingerprint density at radius 1 is 1.20 bits per heavy atom. The zero-order valence-corrected chi connectivity index (χ0v) is 13.2. The van der Waals surface area contributed by atoms with Gasteiger partial charge in [-0.25, -0.2) is 0 Å². The third-order valence-electron chi connectivity index (χ3n) is 3.56. The van der Waals surface area contributed by atoms with Crippen LogP contribution < -0.4 is 5.32 Å². The predicted octanol–water partition coefficient (Wildman–Crippen LogP) is 3.09. The minimum Gasteiger partial charge on any atom is -0.347 e. The van der Waals surface area contributed by atoms with E-state index >= 15 is 0 Å². The molecule has 1 heterocycles. The summed E-state index contributed by atoms with van der Waals surface area (Å²) in [6, 6.07) is 9.51. The molecule has 0 atom stereocenters. The van der Waals surface area contributed by atoms with Gasteiger partial charge >= 0.3 is 0 Å². The predicted molar refractivity (Wildman–Crippen MR) is 87.1 cm³/mol. The Morgan fingerprint density at radius 3 is 2.70 bits per heavy atom. The zero-order chi connectivity index (χ0) is 14.5. The van der Waals surface area contributed by atoms with Crippen LogP contribution >= 0.6 is 0 Å². The Balaban J connectivity index is 2.09. The van der Waals surface area contributed by atoms with Gasteiger partial charge in [0.15, 0.2) is 0 Å². The van der Waals surface area contributed by atoms with E-state index in [1.54, 1.807) is 0 Å². The van der Waals surface area contributed by atoms with E-state index in [4.69, 9.17) is 0 Å². The van der Waals surface area contributed by atoms with Crippen molar-refractivity contribution in [1.82, 2.24) is 14.8 Å². The molecule has 2 aromatic rings. The summed E-state index contributed by atoms with van der Waals surface area (Å²) in [5, 5.41) is 4.82. The largest absolute Gasteiger partial charge is 0.347 e. The average molecular weight is 273 g/mol. The van der Waals surface area contributed by atoms with Crippen LogP contribution in [0.2, 0.25) is 0 Å². The SMILES string of the molecule is CC(C)NCc1ccc2ccn(CCCN(C)C)c2c1. The first-order valence-electron chi connectivity index (χ1n) is 7.52. The molecule has 3 nitrogen and oxygen atoms in total. The molecule has 0 aliphatic carbocycles. The highest BCUT2D eigenvalue weighted by atomic mass is 15.1. The molecular weight excluding hydrogens is 246 g/mol. The zero-order valence-electron chi connectivity index (χ0n) is 13.2. The minimum absolute atomic E-state index is 0.526. The van der Waals surface area contributed by atoms with Crippen molar-refractivity contribution in [1.29, 1.82) is 0 Å². The van der Waals surface area contributed by atoms with Crippen LogP contribution in [0.25, 0.3) is 10.9 Å². The van der Waals surface area contributed by atoms with Crippen LogP contribution in [0.4, 0.5) is 0 Å². The molecule has 0 saturated heterocycles. The van der Waals surface area contributed by atoms with Gasteiger partial charge in [-0.05, 0) is 50.1 Å². The number of rotatable bonds is 7. The fraction of sp³-hybridized carbons (Fsp3) is 0.529. The second-order valence-corrected chi connectivity index (χ2v) is 6.09. The number of hydrogen-bond acceptors (Lipinski definition) is 2. The smallest absolute Gasteiger partial charge is 0.0483 e. The number of aryl methyl sites for hydroxylation is 1. The van der Waals surface area contributed by atoms with Gasteiger partial charge in [0.25, 0.3) is 0 Å². The summed E-state index contributed by atoms with van der Waals surface area (Å²) in [5.74, 6) is 0. The van der Waals surface area contributed by atoms with E-state index in [9.17, 15) is 0 Å². The van der Waals surface area contributed by atoms with Gasteiger partial charge in [-0.15, -0.1) is 0 Å². The molecule has 3 heteroatoms. The maximum Gasteiger partial charge on any atom is 0.0483 e. The quantitative estimate of drug-likeness (QED) is 0.836. The standard InChI is InChI=1S/C17H27N3/c1-14(2)18-13-15-6-7-16-8-11-20(17(16)12-15)10-5-9-19(3)4/h6-8,11-12,14,18H,5,9-10,13H2,1-4H3. The van der Waals surface area contributed by atoms with Crippen molar-refractivity contribution in [2.45, 2.75) is 39.4 Å². The van der Waals surface area contributed by atoms with Crippen LogP contribution in [0.1, 0.15) is 25.8 Å². The Hall–Kier alpha value is -1.32. The number of fused-ring (bicyclic) bond motifs is 1. The van der Waals surface area contributed by atoms with Crippen molar-refractivity contribution >= 4 is 10.9 Å². The van der Waals surface area contributed by atoms with Gasteiger partial charge in [0.05, 0.1) is 0 Å². The molecule has 0 fully saturated rings. The maximum absolute atomic E-state index is 3.48. The van der Waals surface area contributed by atoms with Crippen molar-refractivity contribution < 1.29 is 0 Å². The first kappa shape index (κ1) is 15.1. The van der Waals surface area contributed by atoms with Crippen LogP contribution in [-0.2, 0) is 13.1 Å². The second kappa shape index (κ2) is 6.91. The van der Waals surface area contributed by atoms with E-state index < -0.39 is 0 Å². The summed E-state index contributed by atoms with van der Waals surface area (Å²) in [4.78, 5) is 2.24. The molecule has 2 rings (SSSR count). The first-order valence-corrected chi connectivity index (χ1v) is 7.52. The van der Waals surface area contributed by atoms with Gasteiger partial charge in [0.1, 0.15) is 0 Å². The normalized spacial score (nSPS) is 11.9. The maximum atomic E-state index is 3.48. The summed E-state index contributed by atoms with van der Waals surface area (Å²) in [6.45, 7) is 7.53. The van der Waals surface area contributed by atoms with Crippen LogP contribution in [-0.4, -0.2) is 36.1 Å². The van der Waals surface area contributed by atoms with Crippen LogP contribution in [0.5, 0.6) is 0 Å². The number of hydrogen-bond donors (Lipinski definition) is 1. The molecule has 0 aliphatic heterocycles. The van der Waals surface area contributed by atoms with E-state index in [-0.39, 0.29) is 0 Å². The number of aromatic nitrogens is 1. The third kappa shape index (κ3) is 4.09. The van der Waals surface area contributed by atoms with Gasteiger partial charge in [0, 0.05) is 30.8 Å². The number of nitrogens with zero attached hydrogens (tertiary/aromatic N) is 2. The Morgan fingerprint density at radius 2 is 2.00 bits per heavy atom. The number of benzene rings is 1. The van der Waals surface area contributed by atoms with Gasteiger partial charge in [-0.2, -0.15) is 0 Å². The lowest BCUT2D eigenvalue weighted by Crippen LogP contribution is -2.21. The summed E-state index contributed by atoms with van der Waals surface area (Å²) in [7, 11) is 4.26. The minimum atomic E-state index is 0.526. The van der Waals surface area contributed by atoms with Gasteiger partial charge < -0.3 is 14.8 Å². The molecule has 1 aromatic carbocycles. The average Bonchev–Trinajstić information content (AvgIpc) is 2.79. The molecule has 0 amide bonds. The molecule has 0 unspecified atom stereocenters. The Bertz CT molecular complexity index is 540. The fourth-order valence-corrected chi connectivity index (χ4v) is 2.41. The summed E-state index contributed by atoms with van der Waals surface area (Å²) < 4.78 is 2.37. The van der Waals surface area contributed by atoms with Crippen molar-refractivity contribution in [3.63, 3.8) is 0 Å². The fourth-order valence-electron chi connectivity index (χ4n) is 2.41. The van der Waals surface area contributed by atoms with E-state index in [1.807, 2.05) is 0 Å². The Labute approximate surface area is 122 Å². The topological polar surface area (TPSA) is 20.2 Å². The lowest BCUT2D eigenvalue weighted by atomic mass is 10.1. The Kier molecular flexibility index (Phi) is 5.21. The molecule has 0 aliphatic rings. The molecule has 0 saturated carbocycles. The molecule has 0 radical (unpaired) electrons. The van der Waals surface area contributed by atoms with E-state index in [1.165, 1.54) is 22.9 Å². The van der Waals surface area contributed by atoms with Gasteiger partial charge in [-0.1, -0.05) is 26.0 Å². The summed E-state index contributed by atoms with van der Waals surface area (Å²) >= 11 is 0. The second-order valence-electron chi connectivity index (χ2n) is 6.09. The number of nitrogens with one attached hydrogen (secondary N) is 1. The van der Waals surface area contributed by atoms with Gasteiger partial charge in [-0.3, -0.25) is 0 Å². The van der Waals surface area contributed by atoms with Crippen LogP contribution in [0.15, 0.2) is 30.5 Å². The molecular formula is C17H27N3. The molecule has 1 N–H and O–H groups in total. The lowest BCUT2D eigenvalue weighted by Gasteiger charge is -2.12. The van der Waals surface area contributed by atoms with E-state index in [0.717, 1.165) is 19.6 Å². The first-order chi connectivity index (χ1) is 9.56. The molecule has 0 spiro atoms. The van der Waals surface area contributed by atoms with Crippen molar-refractivity contribution in [3.05, 3.63) is 36.0 Å². The summed E-state index contributed by atoms with van der Waals surface area (Å²) in [5.41, 5.74) is 2.71. The third-order valence-corrected chi connectivity index (χ3v) is 3.56. The highest BCUT2D eigenvalue weighted by Crippen LogP contribution is 2.18. The highest BCUT2D eigenvalue weighted by Gasteiger charge is 2.03. The van der Waals surface area contributed by atoms with Crippen molar-refractivity contribution in [2.24, 2.45) is 0 Å². The van der Waals surface area contributed by atoms with Crippen LogP contribution in [0, 0.1) is 0 Å². The van der Waals surface area contributed by atoms with E-state index in [0.29, 0.717) is 6.04 Å². The highest BCUT2D eigenvalue weighted by molar-refractivity contribution is 5.80. The van der Waals surface area contributed by atoms with Crippen LogP contribution in [0.3, 0.4) is 0 Å². The lowest BCUT2D eigenvalue weighted by molar-refractivity contribution is 0.388. The van der Waals surface area contributed by atoms with Gasteiger partial charge in [0.2, 0.25) is 0 Å². The molecule has 20 heavy (non-hydrogen) atoms. The molecule has 110 valence electrons. The summed E-state index contributed by atoms with van der Waals surface area (Å²) in [6.07, 6.45) is 3.39. The van der Waals surface area contributed by atoms with E-state index in [2.05, 4.69) is 73.2 Å². The molecule has 1 aromatic heterocycles. The van der Waals surface area contributed by atoms with Crippen molar-refractivity contribution in [3.8, 4) is 0 Å². The molecule has 0 bridgehead atoms. The monoisotopic (exact) mass is 273 g/mol.